The fraction of sp³-hybridized carbons (Fsp3) is 0.400. The summed E-state index contributed by atoms with van der Waals surface area (Å²) < 4.78 is 13.3. The van der Waals surface area contributed by atoms with Crippen molar-refractivity contribution in [2.24, 2.45) is 17.8 Å². The quantitative estimate of drug-likeness (QED) is 0.534. The van der Waals surface area contributed by atoms with Gasteiger partial charge in [0.2, 0.25) is 5.79 Å². The number of methoxy groups -OCH3 is 1. The van der Waals surface area contributed by atoms with Gasteiger partial charge in [0.25, 0.3) is 0 Å². The normalized spacial score (nSPS) is 20.0. The van der Waals surface area contributed by atoms with Crippen molar-refractivity contribution in [2.45, 2.75) is 38.5 Å². The van der Waals surface area contributed by atoms with E-state index >= 15 is 0 Å². The molecule has 5 rings (SSSR count). The van der Waals surface area contributed by atoms with Crippen molar-refractivity contribution in [3.8, 4) is 17.1 Å². The molecule has 4 heterocycles. The summed E-state index contributed by atoms with van der Waals surface area (Å²) >= 11 is 0. The van der Waals surface area contributed by atoms with Gasteiger partial charge in [-0.3, -0.25) is 5.73 Å². The molecule has 1 aromatic carbocycles. The van der Waals surface area contributed by atoms with E-state index in [0.717, 1.165) is 71.5 Å². The number of anilines is 2. The molecule has 9 nitrogen and oxygen atoms in total. The van der Waals surface area contributed by atoms with E-state index in [1.807, 2.05) is 62.1 Å². The summed E-state index contributed by atoms with van der Waals surface area (Å²) in [6.07, 6.45) is 5.54. The number of aryl methyl sites for hydroxylation is 2. The number of hydrogen-bond acceptors (Lipinski definition) is 8. The maximum absolute atomic E-state index is 6.85. The Morgan fingerprint density at radius 2 is 2.03 bits per heavy atom. The van der Waals surface area contributed by atoms with Gasteiger partial charge in [0.1, 0.15) is 11.6 Å². The molecule has 2 aromatic heterocycles. The topological polar surface area (TPSA) is 112 Å². The van der Waals surface area contributed by atoms with Crippen molar-refractivity contribution in [3.63, 3.8) is 0 Å². The number of nitrogens with two attached hydrogens (primary N) is 1. The third-order valence-electron chi connectivity index (χ3n) is 6.55. The van der Waals surface area contributed by atoms with Crippen molar-refractivity contribution in [1.82, 2.24) is 14.5 Å². The van der Waals surface area contributed by atoms with Crippen LogP contribution in [0.4, 0.5) is 11.5 Å². The summed E-state index contributed by atoms with van der Waals surface area (Å²) in [5, 5.41) is 7.04. The Bertz CT molecular complexity index is 1250. The summed E-state index contributed by atoms with van der Waals surface area (Å²) in [5.41, 5.74) is 12.3. The van der Waals surface area contributed by atoms with E-state index in [2.05, 4.69) is 15.6 Å². The van der Waals surface area contributed by atoms with E-state index in [9.17, 15) is 0 Å². The number of aromatic nitrogens is 3. The zero-order valence-electron chi connectivity index (χ0n) is 20.1. The number of hydrogen-bond donors (Lipinski definition) is 3. The van der Waals surface area contributed by atoms with Gasteiger partial charge < -0.3 is 24.7 Å². The van der Waals surface area contributed by atoms with Gasteiger partial charge in [-0.15, -0.1) is 0 Å². The Hall–Kier alpha value is -3.43. The van der Waals surface area contributed by atoms with Crippen LogP contribution in [0.3, 0.4) is 0 Å². The Morgan fingerprint density at radius 1 is 1.24 bits per heavy atom. The molecule has 2 aliphatic rings. The van der Waals surface area contributed by atoms with E-state index in [-0.39, 0.29) is 0 Å². The van der Waals surface area contributed by atoms with Crippen LogP contribution in [0.25, 0.3) is 11.4 Å². The molecule has 4 N–H and O–H groups in total. The van der Waals surface area contributed by atoms with Crippen LogP contribution < -0.4 is 21.1 Å². The fourth-order valence-corrected chi connectivity index (χ4v) is 4.51. The van der Waals surface area contributed by atoms with Crippen LogP contribution in [0.15, 0.2) is 35.5 Å². The number of fused-ring (bicyclic) bond motifs is 1. The van der Waals surface area contributed by atoms with Gasteiger partial charge >= 0.3 is 0 Å². The Kier molecular flexibility index (Phi) is 5.75. The van der Waals surface area contributed by atoms with E-state index in [1.54, 1.807) is 7.11 Å². The van der Waals surface area contributed by atoms with Gasteiger partial charge in [0, 0.05) is 61.2 Å². The number of ether oxygens (including phenoxy) is 2. The summed E-state index contributed by atoms with van der Waals surface area (Å²) in [6.45, 7) is 5.51. The van der Waals surface area contributed by atoms with Crippen LogP contribution in [0.5, 0.6) is 5.75 Å². The Balaban J connectivity index is 1.50. The maximum Gasteiger partial charge on any atom is 0.212 e. The first-order valence-electron chi connectivity index (χ1n) is 11.5. The van der Waals surface area contributed by atoms with Gasteiger partial charge in [-0.05, 0) is 44.9 Å². The highest BCUT2D eigenvalue weighted by molar-refractivity contribution is 5.94. The van der Waals surface area contributed by atoms with Crippen molar-refractivity contribution >= 4 is 17.7 Å². The average molecular weight is 462 g/mol. The monoisotopic (exact) mass is 461 g/mol. The van der Waals surface area contributed by atoms with E-state index in [0.29, 0.717) is 11.8 Å². The van der Waals surface area contributed by atoms with Crippen molar-refractivity contribution in [3.05, 3.63) is 53.0 Å². The maximum atomic E-state index is 6.85. The molecule has 3 aromatic rings. The largest absolute Gasteiger partial charge is 0.496 e. The zero-order chi connectivity index (χ0) is 23.9. The first-order valence-corrected chi connectivity index (χ1v) is 11.5. The molecule has 0 saturated carbocycles. The molecule has 0 bridgehead atoms. The molecule has 0 radical (unpaired) electrons. The highest BCUT2D eigenvalue weighted by Gasteiger charge is 2.35. The fourth-order valence-electron chi connectivity index (χ4n) is 4.51. The molecule has 1 fully saturated rings. The van der Waals surface area contributed by atoms with E-state index in [1.165, 1.54) is 0 Å². The van der Waals surface area contributed by atoms with Crippen LogP contribution in [0.2, 0.25) is 0 Å². The number of nitrogens with one attached hydrogen (secondary N) is 2. The minimum atomic E-state index is -1.21. The number of benzene rings is 1. The molecule has 9 heteroatoms. The molecule has 1 saturated heterocycles. The summed E-state index contributed by atoms with van der Waals surface area (Å²) in [7, 11) is 3.63. The first kappa shape index (κ1) is 22.4. The second-order valence-corrected chi connectivity index (χ2v) is 8.95. The predicted octanol–water partition coefficient (Wildman–Crippen LogP) is 3.31. The molecule has 1 atom stereocenters. The van der Waals surface area contributed by atoms with Gasteiger partial charge in [-0.2, -0.15) is 0 Å². The van der Waals surface area contributed by atoms with Gasteiger partial charge in [-0.1, -0.05) is 6.07 Å². The first-order chi connectivity index (χ1) is 16.4. The predicted molar refractivity (Wildman–Crippen MR) is 133 cm³/mol. The van der Waals surface area contributed by atoms with Gasteiger partial charge in [0.05, 0.1) is 18.4 Å². The Labute approximate surface area is 199 Å². The smallest absolute Gasteiger partial charge is 0.212 e. The standard InChI is InChI=1S/C25H31N7O2/c1-15-11-18-14-28-25(26,31-22(18)23(29-15)30-19-7-9-34-10-8-19)20-6-5-17(12-21(20)33-4)24-27-13-16(2)32(24)3/h5-6,11-14,19,31H,7-10,26H2,1-4H3,(H,29,30). The SMILES string of the molecule is COc1cc(-c2ncc(C)n2C)ccc1C1(N)N=Cc2cc(C)nc(NC3CCOCC3)c2N1. The molecular formula is C25H31N7O2. The molecule has 0 amide bonds. The minimum Gasteiger partial charge on any atom is -0.496 e. The average Bonchev–Trinajstić information content (AvgIpc) is 3.18. The highest BCUT2D eigenvalue weighted by Crippen LogP contribution is 2.39. The molecule has 178 valence electrons. The lowest BCUT2D eigenvalue weighted by Gasteiger charge is -2.34. The highest BCUT2D eigenvalue weighted by atomic mass is 16.5. The van der Waals surface area contributed by atoms with Crippen molar-refractivity contribution in [1.29, 1.82) is 0 Å². The van der Waals surface area contributed by atoms with Crippen LogP contribution in [0, 0.1) is 13.8 Å². The van der Waals surface area contributed by atoms with Crippen LogP contribution in [-0.2, 0) is 17.6 Å². The molecule has 0 aliphatic carbocycles. The number of pyridine rings is 1. The number of imidazole rings is 1. The third-order valence-corrected chi connectivity index (χ3v) is 6.55. The lowest BCUT2D eigenvalue weighted by Crippen LogP contribution is -2.45. The molecular weight excluding hydrogens is 430 g/mol. The molecule has 2 aliphatic heterocycles. The molecule has 1 unspecified atom stereocenters. The zero-order valence-corrected chi connectivity index (χ0v) is 20.1. The molecule has 34 heavy (non-hydrogen) atoms. The minimum absolute atomic E-state index is 0.301. The number of aliphatic imine (C=N–C) groups is 1. The van der Waals surface area contributed by atoms with Gasteiger partial charge in [-0.25, -0.2) is 15.0 Å². The second kappa shape index (κ2) is 8.73. The summed E-state index contributed by atoms with van der Waals surface area (Å²) in [5.74, 6) is 1.06. The summed E-state index contributed by atoms with van der Waals surface area (Å²) in [4.78, 5) is 14.0. The van der Waals surface area contributed by atoms with Crippen molar-refractivity contribution < 1.29 is 9.47 Å². The summed E-state index contributed by atoms with van der Waals surface area (Å²) in [6, 6.07) is 8.20. The Morgan fingerprint density at radius 3 is 2.74 bits per heavy atom. The van der Waals surface area contributed by atoms with Crippen LogP contribution >= 0.6 is 0 Å². The van der Waals surface area contributed by atoms with Crippen LogP contribution in [0.1, 0.15) is 35.4 Å². The third kappa shape index (κ3) is 4.01. The van der Waals surface area contributed by atoms with Gasteiger partial charge in [0.15, 0.2) is 5.82 Å². The molecule has 0 spiro atoms. The van der Waals surface area contributed by atoms with Crippen LogP contribution in [-0.4, -0.2) is 47.1 Å². The second-order valence-electron chi connectivity index (χ2n) is 8.95. The lowest BCUT2D eigenvalue weighted by molar-refractivity contribution is 0.0904. The van der Waals surface area contributed by atoms with E-state index < -0.39 is 5.79 Å². The lowest BCUT2D eigenvalue weighted by atomic mass is 10.0. The van der Waals surface area contributed by atoms with E-state index in [4.69, 9.17) is 25.2 Å². The van der Waals surface area contributed by atoms with Crippen molar-refractivity contribution in [2.75, 3.05) is 31.0 Å². The number of nitrogens with zero attached hydrogens (tertiary/aromatic N) is 4. The number of rotatable bonds is 5.